The summed E-state index contributed by atoms with van der Waals surface area (Å²) in [6.07, 6.45) is 1.41. The normalized spacial score (nSPS) is 12.1. The lowest BCUT2D eigenvalue weighted by molar-refractivity contribution is -0.136. The summed E-state index contributed by atoms with van der Waals surface area (Å²) >= 11 is 5.61. The number of halogens is 2. The van der Waals surface area contributed by atoms with Crippen molar-refractivity contribution in [2.75, 3.05) is 18.5 Å². The van der Waals surface area contributed by atoms with Gasteiger partial charge >= 0.3 is 11.8 Å². The van der Waals surface area contributed by atoms with Crippen LogP contribution >= 0.6 is 11.6 Å². The summed E-state index contributed by atoms with van der Waals surface area (Å²) in [5, 5.41) is 13.8. The van der Waals surface area contributed by atoms with Crippen molar-refractivity contribution < 1.29 is 19.1 Å². The summed E-state index contributed by atoms with van der Waals surface area (Å²) in [4.78, 5) is 23.6. The van der Waals surface area contributed by atoms with Crippen molar-refractivity contribution in [2.24, 2.45) is 11.8 Å². The maximum absolute atomic E-state index is 13.0. The molecule has 7 heteroatoms. The summed E-state index contributed by atoms with van der Waals surface area (Å²) < 4.78 is 13.0. The summed E-state index contributed by atoms with van der Waals surface area (Å²) in [6, 6.07) is 3.66. The third-order valence-electron chi connectivity index (χ3n) is 3.28. The molecule has 0 bridgehead atoms. The third-order valence-corrected chi connectivity index (χ3v) is 3.57. The van der Waals surface area contributed by atoms with Gasteiger partial charge in [-0.05, 0) is 42.9 Å². The molecule has 1 aromatic carbocycles. The molecular formula is C16H22ClFN2O3. The Kier molecular flexibility index (Phi) is 7.98. The van der Waals surface area contributed by atoms with Crippen molar-refractivity contribution in [1.29, 1.82) is 0 Å². The molecule has 0 aromatic heterocycles. The second-order valence-corrected chi connectivity index (χ2v) is 6.21. The van der Waals surface area contributed by atoms with Gasteiger partial charge < -0.3 is 15.7 Å². The Balaban J connectivity index is 2.52. The largest absolute Gasteiger partial charge is 0.396 e. The zero-order chi connectivity index (χ0) is 17.4. The Hall–Kier alpha value is -1.66. The number of hydrogen-bond donors (Lipinski definition) is 3. The van der Waals surface area contributed by atoms with E-state index in [2.05, 4.69) is 24.5 Å². The molecule has 128 valence electrons. The third kappa shape index (κ3) is 6.97. The summed E-state index contributed by atoms with van der Waals surface area (Å²) in [6.45, 7) is 4.46. The fraction of sp³-hybridized carbons (Fsp3) is 0.500. The van der Waals surface area contributed by atoms with E-state index in [1.54, 1.807) is 0 Å². The minimum absolute atomic E-state index is 0.0353. The molecule has 23 heavy (non-hydrogen) atoms. The molecule has 1 unspecified atom stereocenters. The average Bonchev–Trinajstić information content (AvgIpc) is 2.48. The van der Waals surface area contributed by atoms with Gasteiger partial charge in [-0.15, -0.1) is 0 Å². The fourth-order valence-corrected chi connectivity index (χ4v) is 2.41. The first-order chi connectivity index (χ1) is 10.8. The summed E-state index contributed by atoms with van der Waals surface area (Å²) in [5.74, 6) is -1.69. The smallest absolute Gasteiger partial charge is 0.313 e. The Bertz CT molecular complexity index is 552. The number of carbonyl (C=O) groups is 2. The molecule has 1 atom stereocenters. The molecule has 0 aliphatic heterocycles. The molecule has 1 rings (SSSR count). The molecule has 0 aliphatic rings. The molecule has 1 aromatic rings. The van der Waals surface area contributed by atoms with E-state index >= 15 is 0 Å². The number of anilines is 1. The number of aliphatic hydroxyl groups excluding tert-OH is 1. The van der Waals surface area contributed by atoms with Crippen LogP contribution in [-0.2, 0) is 9.59 Å². The Labute approximate surface area is 140 Å². The molecular weight excluding hydrogens is 323 g/mol. The van der Waals surface area contributed by atoms with Crippen LogP contribution in [-0.4, -0.2) is 30.1 Å². The van der Waals surface area contributed by atoms with E-state index in [0.29, 0.717) is 18.9 Å². The topological polar surface area (TPSA) is 78.4 Å². The van der Waals surface area contributed by atoms with Gasteiger partial charge in [-0.2, -0.15) is 0 Å². The highest BCUT2D eigenvalue weighted by molar-refractivity contribution is 6.39. The van der Waals surface area contributed by atoms with Gasteiger partial charge in [-0.25, -0.2) is 4.39 Å². The van der Waals surface area contributed by atoms with Gasteiger partial charge in [0.1, 0.15) is 5.82 Å². The second-order valence-electron chi connectivity index (χ2n) is 5.80. The minimum Gasteiger partial charge on any atom is -0.396 e. The molecule has 3 N–H and O–H groups in total. The molecule has 5 nitrogen and oxygen atoms in total. The first kappa shape index (κ1) is 19.4. The van der Waals surface area contributed by atoms with E-state index in [9.17, 15) is 14.0 Å². The molecule has 0 radical (unpaired) electrons. The molecule has 0 saturated heterocycles. The first-order valence-corrected chi connectivity index (χ1v) is 7.86. The van der Waals surface area contributed by atoms with E-state index in [1.807, 2.05) is 0 Å². The predicted octanol–water partition coefficient (Wildman–Crippen LogP) is 2.58. The van der Waals surface area contributed by atoms with Gasteiger partial charge in [0, 0.05) is 18.8 Å². The molecule has 0 fully saturated rings. The lowest BCUT2D eigenvalue weighted by Crippen LogP contribution is -2.38. The number of benzene rings is 1. The SMILES string of the molecule is CC(C)CC(CCO)CNC(=O)C(=O)Nc1ccc(F)c(Cl)c1. The highest BCUT2D eigenvalue weighted by Gasteiger charge is 2.17. The van der Waals surface area contributed by atoms with E-state index in [0.717, 1.165) is 12.5 Å². The van der Waals surface area contributed by atoms with Crippen molar-refractivity contribution in [3.8, 4) is 0 Å². The van der Waals surface area contributed by atoms with Gasteiger partial charge in [0.05, 0.1) is 5.02 Å². The maximum Gasteiger partial charge on any atom is 0.313 e. The van der Waals surface area contributed by atoms with E-state index < -0.39 is 17.6 Å². The van der Waals surface area contributed by atoms with Crippen molar-refractivity contribution in [2.45, 2.75) is 26.7 Å². The van der Waals surface area contributed by atoms with Crippen LogP contribution in [0.5, 0.6) is 0 Å². The van der Waals surface area contributed by atoms with Crippen molar-refractivity contribution >= 4 is 29.1 Å². The number of rotatable bonds is 7. The van der Waals surface area contributed by atoms with Gasteiger partial charge in [-0.1, -0.05) is 25.4 Å². The maximum atomic E-state index is 13.0. The summed E-state index contributed by atoms with van der Waals surface area (Å²) in [5.41, 5.74) is 0.241. The monoisotopic (exact) mass is 344 g/mol. The van der Waals surface area contributed by atoms with Crippen molar-refractivity contribution in [3.05, 3.63) is 29.0 Å². The second kappa shape index (κ2) is 9.47. The molecule has 0 saturated carbocycles. The molecule has 0 aliphatic carbocycles. The lowest BCUT2D eigenvalue weighted by Gasteiger charge is -2.18. The van der Waals surface area contributed by atoms with Gasteiger partial charge in [0.15, 0.2) is 0 Å². The Morgan fingerprint density at radius 2 is 2.00 bits per heavy atom. The zero-order valence-corrected chi connectivity index (χ0v) is 14.0. The number of amides is 2. The number of carbonyl (C=O) groups excluding carboxylic acids is 2. The standard InChI is InChI=1S/C16H22ClFN2O3/c1-10(2)7-11(5-6-21)9-19-15(22)16(23)20-12-3-4-14(18)13(17)8-12/h3-4,8,10-11,21H,5-7,9H2,1-2H3,(H,19,22)(H,20,23). The van der Waals surface area contributed by atoms with E-state index in [4.69, 9.17) is 16.7 Å². The van der Waals surface area contributed by atoms with Crippen LogP contribution in [0, 0.1) is 17.7 Å². The van der Waals surface area contributed by atoms with E-state index in [1.165, 1.54) is 12.1 Å². The summed E-state index contributed by atoms with van der Waals surface area (Å²) in [7, 11) is 0. The Morgan fingerprint density at radius 1 is 1.30 bits per heavy atom. The van der Waals surface area contributed by atoms with Crippen LogP contribution in [0.3, 0.4) is 0 Å². The van der Waals surface area contributed by atoms with Crippen LogP contribution in [0.2, 0.25) is 5.02 Å². The molecule has 2 amide bonds. The molecule has 0 heterocycles. The van der Waals surface area contributed by atoms with Gasteiger partial charge in [0.2, 0.25) is 0 Å². The number of aliphatic hydroxyl groups is 1. The zero-order valence-electron chi connectivity index (χ0n) is 13.2. The quantitative estimate of drug-likeness (QED) is 0.665. The van der Waals surface area contributed by atoms with Crippen molar-refractivity contribution in [1.82, 2.24) is 5.32 Å². The first-order valence-electron chi connectivity index (χ1n) is 7.48. The molecule has 0 spiro atoms. The van der Waals surface area contributed by atoms with Crippen LogP contribution < -0.4 is 10.6 Å². The van der Waals surface area contributed by atoms with Crippen LogP contribution in [0.1, 0.15) is 26.7 Å². The average molecular weight is 345 g/mol. The van der Waals surface area contributed by atoms with Crippen molar-refractivity contribution in [3.63, 3.8) is 0 Å². The lowest BCUT2D eigenvalue weighted by atomic mass is 9.94. The highest BCUT2D eigenvalue weighted by atomic mass is 35.5. The predicted molar refractivity (Wildman–Crippen MR) is 87.7 cm³/mol. The van der Waals surface area contributed by atoms with Crippen LogP contribution in [0.15, 0.2) is 18.2 Å². The van der Waals surface area contributed by atoms with Crippen LogP contribution in [0.4, 0.5) is 10.1 Å². The van der Waals surface area contributed by atoms with Crippen LogP contribution in [0.25, 0.3) is 0 Å². The Morgan fingerprint density at radius 3 is 2.57 bits per heavy atom. The van der Waals surface area contributed by atoms with E-state index in [-0.39, 0.29) is 23.2 Å². The number of hydrogen-bond acceptors (Lipinski definition) is 3. The fourth-order valence-electron chi connectivity index (χ4n) is 2.23. The minimum atomic E-state index is -0.847. The number of nitrogens with one attached hydrogen (secondary N) is 2. The highest BCUT2D eigenvalue weighted by Crippen LogP contribution is 2.19. The van der Waals surface area contributed by atoms with Gasteiger partial charge in [0.25, 0.3) is 0 Å². The van der Waals surface area contributed by atoms with Gasteiger partial charge in [-0.3, -0.25) is 9.59 Å².